The van der Waals surface area contributed by atoms with Crippen molar-refractivity contribution in [3.63, 3.8) is 0 Å². The van der Waals surface area contributed by atoms with Gasteiger partial charge >= 0.3 is 0 Å². The van der Waals surface area contributed by atoms with Gasteiger partial charge in [-0.3, -0.25) is 9.69 Å². The van der Waals surface area contributed by atoms with Crippen molar-refractivity contribution in [3.05, 3.63) is 132 Å². The van der Waals surface area contributed by atoms with E-state index >= 15 is 0 Å². The summed E-state index contributed by atoms with van der Waals surface area (Å²) in [6.07, 6.45) is 4.65. The predicted molar refractivity (Wildman–Crippen MR) is 157 cm³/mol. The molecular formula is C35H38N2O. The molecule has 0 N–H and O–H groups in total. The third kappa shape index (κ3) is 7.20. The van der Waals surface area contributed by atoms with E-state index < -0.39 is 0 Å². The van der Waals surface area contributed by atoms with Crippen LogP contribution in [0.5, 0.6) is 0 Å². The first-order valence-corrected chi connectivity index (χ1v) is 14.0. The Hall–Kier alpha value is -3.69. The first-order chi connectivity index (χ1) is 18.7. The van der Waals surface area contributed by atoms with Gasteiger partial charge in [0.1, 0.15) is 0 Å². The summed E-state index contributed by atoms with van der Waals surface area (Å²) in [6.45, 7) is 3.56. The van der Waals surface area contributed by atoms with Crippen LogP contribution in [-0.4, -0.2) is 34.8 Å². The second kappa shape index (κ2) is 13.2. The fourth-order valence-electron chi connectivity index (χ4n) is 5.51. The van der Waals surface area contributed by atoms with Gasteiger partial charge in [-0.05, 0) is 53.5 Å². The van der Waals surface area contributed by atoms with Crippen molar-refractivity contribution in [2.75, 3.05) is 13.1 Å². The molecule has 194 valence electrons. The molecule has 1 unspecified atom stereocenters. The molecule has 0 aliphatic carbocycles. The van der Waals surface area contributed by atoms with Crippen molar-refractivity contribution in [1.29, 1.82) is 0 Å². The molecule has 0 saturated carbocycles. The Kier molecular flexibility index (Phi) is 9.02. The van der Waals surface area contributed by atoms with Crippen LogP contribution >= 0.6 is 0 Å². The van der Waals surface area contributed by atoms with Gasteiger partial charge in [0.25, 0.3) is 0 Å². The van der Waals surface area contributed by atoms with Crippen molar-refractivity contribution < 1.29 is 4.79 Å². The molecule has 1 fully saturated rings. The molecule has 5 rings (SSSR count). The largest absolute Gasteiger partial charge is 0.343 e. The summed E-state index contributed by atoms with van der Waals surface area (Å²) in [4.78, 5) is 17.7. The van der Waals surface area contributed by atoms with Gasteiger partial charge in [0.05, 0.1) is 0 Å². The summed E-state index contributed by atoms with van der Waals surface area (Å²) >= 11 is 0. The number of amides is 1. The highest BCUT2D eigenvalue weighted by Crippen LogP contribution is 2.24. The van der Waals surface area contributed by atoms with Gasteiger partial charge in [0, 0.05) is 38.6 Å². The van der Waals surface area contributed by atoms with Crippen molar-refractivity contribution >= 4 is 5.91 Å². The number of carbonyl (C=O) groups excluding carboxylic acids is 1. The average molecular weight is 503 g/mol. The van der Waals surface area contributed by atoms with Gasteiger partial charge < -0.3 is 4.90 Å². The van der Waals surface area contributed by atoms with Crippen molar-refractivity contribution in [2.45, 2.75) is 51.2 Å². The highest BCUT2D eigenvalue weighted by Gasteiger charge is 2.24. The van der Waals surface area contributed by atoms with Crippen molar-refractivity contribution in [2.24, 2.45) is 0 Å². The molecule has 1 aliphatic rings. The molecule has 3 nitrogen and oxygen atoms in total. The van der Waals surface area contributed by atoms with E-state index in [0.29, 0.717) is 12.3 Å². The SMILES string of the molecule is O=C(CCC(Cc1ccc(-c2ccccc2)cc1)N(Cc1ccccc1)Cc1ccccc1)N1CCCC1. The number of hydrogen-bond donors (Lipinski definition) is 0. The maximum absolute atomic E-state index is 13.1. The van der Waals surface area contributed by atoms with Crippen LogP contribution < -0.4 is 0 Å². The number of likely N-dealkylation sites (tertiary alicyclic amines) is 1. The summed E-state index contributed by atoms with van der Waals surface area (Å²) in [6, 6.07) is 41.2. The first-order valence-electron chi connectivity index (χ1n) is 14.0. The van der Waals surface area contributed by atoms with E-state index in [1.54, 1.807) is 0 Å². The van der Waals surface area contributed by atoms with Gasteiger partial charge in [0.15, 0.2) is 0 Å². The number of carbonyl (C=O) groups is 1. The van der Waals surface area contributed by atoms with Crippen LogP contribution in [0.2, 0.25) is 0 Å². The lowest BCUT2D eigenvalue weighted by Gasteiger charge is -2.33. The van der Waals surface area contributed by atoms with Gasteiger partial charge in [-0.1, -0.05) is 115 Å². The molecule has 3 heteroatoms. The lowest BCUT2D eigenvalue weighted by molar-refractivity contribution is -0.130. The Morgan fingerprint density at radius 2 is 1.13 bits per heavy atom. The molecule has 1 saturated heterocycles. The molecular weight excluding hydrogens is 464 g/mol. The second-order valence-electron chi connectivity index (χ2n) is 10.4. The average Bonchev–Trinajstić information content (AvgIpc) is 3.52. The molecule has 0 radical (unpaired) electrons. The van der Waals surface area contributed by atoms with Gasteiger partial charge in [-0.25, -0.2) is 0 Å². The minimum absolute atomic E-state index is 0.254. The van der Waals surface area contributed by atoms with Crippen LogP contribution in [0.25, 0.3) is 11.1 Å². The number of benzene rings is 4. The van der Waals surface area contributed by atoms with E-state index in [2.05, 4.69) is 125 Å². The zero-order chi connectivity index (χ0) is 26.0. The summed E-state index contributed by atoms with van der Waals surface area (Å²) in [5.74, 6) is 0.311. The molecule has 0 aromatic heterocycles. The fraction of sp³-hybridized carbons (Fsp3) is 0.286. The number of hydrogen-bond acceptors (Lipinski definition) is 2. The molecule has 1 amide bonds. The van der Waals surface area contributed by atoms with E-state index in [-0.39, 0.29) is 6.04 Å². The molecule has 4 aromatic carbocycles. The molecule has 0 bridgehead atoms. The summed E-state index contributed by atoms with van der Waals surface area (Å²) < 4.78 is 0. The predicted octanol–water partition coefficient (Wildman–Crippen LogP) is 7.37. The Morgan fingerprint density at radius 3 is 1.68 bits per heavy atom. The highest BCUT2D eigenvalue weighted by molar-refractivity contribution is 5.76. The zero-order valence-electron chi connectivity index (χ0n) is 22.2. The molecule has 0 spiro atoms. The van der Waals surface area contributed by atoms with E-state index in [4.69, 9.17) is 0 Å². The van der Waals surface area contributed by atoms with Crippen LogP contribution in [0.4, 0.5) is 0 Å². The minimum Gasteiger partial charge on any atom is -0.343 e. The topological polar surface area (TPSA) is 23.6 Å². The number of nitrogens with zero attached hydrogens (tertiary/aromatic N) is 2. The summed E-state index contributed by atoms with van der Waals surface area (Å²) in [5, 5.41) is 0. The molecule has 38 heavy (non-hydrogen) atoms. The first kappa shape index (κ1) is 25.9. The van der Waals surface area contributed by atoms with Crippen LogP contribution in [0.1, 0.15) is 42.4 Å². The van der Waals surface area contributed by atoms with E-state index in [1.165, 1.54) is 27.8 Å². The summed E-state index contributed by atoms with van der Waals surface area (Å²) in [5.41, 5.74) is 6.40. The maximum atomic E-state index is 13.1. The molecule has 1 aliphatic heterocycles. The summed E-state index contributed by atoms with van der Waals surface area (Å²) in [7, 11) is 0. The Balaban J connectivity index is 1.38. The lowest BCUT2D eigenvalue weighted by Crippen LogP contribution is -2.37. The van der Waals surface area contributed by atoms with Gasteiger partial charge in [-0.2, -0.15) is 0 Å². The Bertz CT molecular complexity index is 1210. The third-order valence-electron chi connectivity index (χ3n) is 7.66. The fourth-order valence-corrected chi connectivity index (χ4v) is 5.51. The minimum atomic E-state index is 0.254. The lowest BCUT2D eigenvalue weighted by atomic mass is 9.96. The molecule has 1 heterocycles. The van der Waals surface area contributed by atoms with Crippen molar-refractivity contribution in [3.8, 4) is 11.1 Å². The van der Waals surface area contributed by atoms with Gasteiger partial charge in [0.2, 0.25) is 5.91 Å². The van der Waals surface area contributed by atoms with Crippen LogP contribution in [0.3, 0.4) is 0 Å². The standard InChI is InChI=1S/C35H38N2O/c38-35(36-24-10-11-25-36)23-22-34(26-29-18-20-33(21-19-29)32-16-8-3-9-17-32)37(27-30-12-4-1-5-13-30)28-31-14-6-2-7-15-31/h1-9,12-21,34H,10-11,22-28H2. The second-order valence-corrected chi connectivity index (χ2v) is 10.4. The van der Waals surface area contributed by atoms with E-state index in [0.717, 1.165) is 51.9 Å². The van der Waals surface area contributed by atoms with Gasteiger partial charge in [-0.15, -0.1) is 0 Å². The third-order valence-corrected chi connectivity index (χ3v) is 7.66. The number of rotatable bonds is 11. The van der Waals surface area contributed by atoms with Crippen LogP contribution in [0, 0.1) is 0 Å². The Labute approximate surface area is 227 Å². The highest BCUT2D eigenvalue weighted by atomic mass is 16.2. The normalized spacial score (nSPS) is 14.1. The maximum Gasteiger partial charge on any atom is 0.222 e. The van der Waals surface area contributed by atoms with E-state index in [1.807, 2.05) is 0 Å². The smallest absolute Gasteiger partial charge is 0.222 e. The monoisotopic (exact) mass is 502 g/mol. The van der Waals surface area contributed by atoms with Crippen LogP contribution in [-0.2, 0) is 24.3 Å². The zero-order valence-corrected chi connectivity index (χ0v) is 22.2. The molecule has 4 aromatic rings. The van der Waals surface area contributed by atoms with E-state index in [9.17, 15) is 4.79 Å². The van der Waals surface area contributed by atoms with Crippen molar-refractivity contribution in [1.82, 2.24) is 9.80 Å². The molecule has 1 atom stereocenters. The Morgan fingerprint density at radius 1 is 0.632 bits per heavy atom. The quantitative estimate of drug-likeness (QED) is 0.214. The van der Waals surface area contributed by atoms with Crippen LogP contribution in [0.15, 0.2) is 115 Å².